The first kappa shape index (κ1) is 13.7. The lowest BCUT2D eigenvalue weighted by molar-refractivity contribution is -0.415. The second kappa shape index (κ2) is 10.8. The molecule has 0 aliphatic carbocycles. The number of hydrogen-bond acceptors (Lipinski definition) is 3. The average molecular weight is 216 g/mol. The van der Waals surface area contributed by atoms with Crippen molar-refractivity contribution in [1.29, 1.82) is 0 Å². The zero-order chi connectivity index (χ0) is 12.1. The molecule has 0 atom stereocenters. The van der Waals surface area contributed by atoms with Crippen molar-refractivity contribution in [3.8, 4) is 0 Å². The van der Waals surface area contributed by atoms with Crippen molar-refractivity contribution in [2.45, 2.75) is 0 Å². The van der Waals surface area contributed by atoms with E-state index in [1.54, 1.807) is 0 Å². The summed E-state index contributed by atoms with van der Waals surface area (Å²) in [5.41, 5.74) is 0. The van der Waals surface area contributed by atoms with Crippen LogP contribution in [0.1, 0.15) is 0 Å². The van der Waals surface area contributed by atoms with Gasteiger partial charge in [-0.05, 0) is 6.16 Å². The van der Waals surface area contributed by atoms with Gasteiger partial charge in [0.25, 0.3) is 0 Å². The van der Waals surface area contributed by atoms with Gasteiger partial charge in [-0.3, -0.25) is 0 Å². The Hall–Kier alpha value is -2.29. The second-order valence-corrected chi connectivity index (χ2v) is 2.56. The summed E-state index contributed by atoms with van der Waals surface area (Å²) in [4.78, 5) is 8.33. The van der Waals surface area contributed by atoms with Crippen LogP contribution in [0, 0.1) is 0 Å². The van der Waals surface area contributed by atoms with E-state index < -0.39 is 6.16 Å². The minimum atomic E-state index is -2.33. The van der Waals surface area contributed by atoms with Gasteiger partial charge in [-0.2, -0.15) is 0 Å². The van der Waals surface area contributed by atoms with E-state index in [4.69, 9.17) is 15.0 Å². The van der Waals surface area contributed by atoms with Gasteiger partial charge in [0.15, 0.2) is 0 Å². The molecule has 3 nitrogen and oxygen atoms in total. The van der Waals surface area contributed by atoms with E-state index in [9.17, 15) is 0 Å². The van der Waals surface area contributed by atoms with Crippen molar-refractivity contribution in [1.82, 2.24) is 0 Å². The number of benzene rings is 2. The van der Waals surface area contributed by atoms with Crippen LogP contribution < -0.4 is 10.2 Å². The largest absolute Gasteiger partial charge is 0.652 e. The monoisotopic (exact) mass is 216 g/mol. The van der Waals surface area contributed by atoms with Gasteiger partial charge in [0, 0.05) is 0 Å². The number of carbonyl (C=O) groups excluding carboxylic acids is 1. The Kier molecular flexibility index (Phi) is 9.24. The molecule has 0 bridgehead atoms. The first-order valence-electron chi connectivity index (χ1n) is 4.61. The van der Waals surface area contributed by atoms with Gasteiger partial charge in [0.05, 0.1) is 0 Å². The van der Waals surface area contributed by atoms with Gasteiger partial charge in [-0.25, -0.2) is 0 Å². The highest BCUT2D eigenvalue weighted by Gasteiger charge is 1.58. The topological polar surface area (TPSA) is 63.2 Å². The number of rotatable bonds is 0. The highest BCUT2D eigenvalue weighted by molar-refractivity contribution is 5.47. The zero-order valence-electron chi connectivity index (χ0n) is 8.65. The molecule has 3 heteroatoms. The summed E-state index contributed by atoms with van der Waals surface area (Å²) < 4.78 is 0. The summed E-state index contributed by atoms with van der Waals surface area (Å²) in [5, 5.41) is 16.7. The molecule has 2 rings (SSSR count). The molecule has 0 aliphatic rings. The predicted octanol–water partition coefficient (Wildman–Crippen LogP) is 0.926. The molecule has 0 radical (unpaired) electrons. The van der Waals surface area contributed by atoms with Crippen LogP contribution in [0.2, 0.25) is 0 Å². The highest BCUT2D eigenvalue weighted by Crippen LogP contribution is 1.80. The van der Waals surface area contributed by atoms with Crippen LogP contribution in [0.15, 0.2) is 72.8 Å². The Bertz CT molecular complexity index is 257. The van der Waals surface area contributed by atoms with E-state index >= 15 is 0 Å². The third kappa shape index (κ3) is 14.2. The summed E-state index contributed by atoms with van der Waals surface area (Å²) >= 11 is 0. The van der Waals surface area contributed by atoms with Gasteiger partial charge in [-0.1, -0.05) is 72.8 Å². The fraction of sp³-hybridized carbons (Fsp3) is 0. The van der Waals surface area contributed by atoms with Crippen molar-refractivity contribution in [2.75, 3.05) is 0 Å². The molecule has 0 heterocycles. The van der Waals surface area contributed by atoms with Gasteiger partial charge in [0.2, 0.25) is 0 Å². The van der Waals surface area contributed by atoms with Crippen molar-refractivity contribution < 1.29 is 15.0 Å². The molecule has 0 aliphatic heterocycles. The number of hydrogen-bond donors (Lipinski definition) is 0. The Morgan fingerprint density at radius 3 is 0.625 bits per heavy atom. The minimum absolute atomic E-state index is 2.00. The maximum absolute atomic E-state index is 8.33. The lowest BCUT2D eigenvalue weighted by Crippen LogP contribution is -2.37. The molecule has 84 valence electrons. The molecule has 2 aromatic carbocycles. The summed E-state index contributed by atoms with van der Waals surface area (Å²) in [7, 11) is 0. The van der Waals surface area contributed by atoms with E-state index in [1.165, 1.54) is 0 Å². The third-order valence-corrected chi connectivity index (χ3v) is 1.33. The second-order valence-electron chi connectivity index (χ2n) is 2.56. The predicted molar refractivity (Wildman–Crippen MR) is 58.3 cm³/mol. The van der Waals surface area contributed by atoms with E-state index in [1.807, 2.05) is 72.8 Å². The molecule has 0 aromatic heterocycles. The maximum Gasteiger partial charge on any atom is -0.0431 e. The Morgan fingerprint density at radius 1 is 0.500 bits per heavy atom. The molecular formula is C13H12O3-2. The van der Waals surface area contributed by atoms with Crippen LogP contribution in [-0.2, 0) is 0 Å². The van der Waals surface area contributed by atoms with E-state index in [0.29, 0.717) is 0 Å². The van der Waals surface area contributed by atoms with Crippen molar-refractivity contribution >= 4 is 6.16 Å². The fourth-order valence-electron chi connectivity index (χ4n) is 0.770. The molecule has 16 heavy (non-hydrogen) atoms. The van der Waals surface area contributed by atoms with Gasteiger partial charge in [0.1, 0.15) is 0 Å². The summed E-state index contributed by atoms with van der Waals surface area (Å²) in [5.74, 6) is 0. The molecule has 2 aromatic rings. The molecule has 0 spiro atoms. The average Bonchev–Trinajstić information content (AvgIpc) is 2.34. The molecule has 0 saturated carbocycles. The van der Waals surface area contributed by atoms with Crippen molar-refractivity contribution in [3.63, 3.8) is 0 Å². The summed E-state index contributed by atoms with van der Waals surface area (Å²) in [6.45, 7) is 0. The maximum atomic E-state index is 8.33. The quantitative estimate of drug-likeness (QED) is 0.658. The lowest BCUT2D eigenvalue weighted by Gasteiger charge is -1.96. The van der Waals surface area contributed by atoms with Crippen LogP contribution in [0.3, 0.4) is 0 Å². The smallest absolute Gasteiger partial charge is 0.0431 e. The lowest BCUT2D eigenvalue weighted by atomic mass is 10.4. The Labute approximate surface area is 94.6 Å². The van der Waals surface area contributed by atoms with Crippen molar-refractivity contribution in [2.24, 2.45) is 0 Å². The van der Waals surface area contributed by atoms with Crippen LogP contribution in [-0.4, -0.2) is 6.16 Å². The van der Waals surface area contributed by atoms with Crippen LogP contribution >= 0.6 is 0 Å². The minimum Gasteiger partial charge on any atom is -0.652 e. The van der Waals surface area contributed by atoms with Gasteiger partial charge >= 0.3 is 0 Å². The Balaban J connectivity index is 0.000000217. The van der Waals surface area contributed by atoms with Crippen LogP contribution in [0.4, 0.5) is 4.79 Å². The van der Waals surface area contributed by atoms with Crippen LogP contribution in [0.25, 0.3) is 0 Å². The van der Waals surface area contributed by atoms with Crippen molar-refractivity contribution in [3.05, 3.63) is 72.8 Å². The fourth-order valence-corrected chi connectivity index (χ4v) is 0.770. The molecule has 0 N–H and O–H groups in total. The first-order chi connectivity index (χ1) is 7.73. The third-order valence-electron chi connectivity index (χ3n) is 1.33. The van der Waals surface area contributed by atoms with Gasteiger partial charge in [-0.15, -0.1) is 0 Å². The Morgan fingerprint density at radius 2 is 0.562 bits per heavy atom. The van der Waals surface area contributed by atoms with E-state index in [2.05, 4.69) is 0 Å². The number of carbonyl (C=O) groups is 1. The summed E-state index contributed by atoms with van der Waals surface area (Å²) in [6.07, 6.45) is -2.33. The van der Waals surface area contributed by atoms with E-state index in [-0.39, 0.29) is 0 Å². The zero-order valence-corrected chi connectivity index (χ0v) is 8.65. The highest BCUT2D eigenvalue weighted by atomic mass is 16.6. The first-order valence-corrected chi connectivity index (χ1v) is 4.61. The van der Waals surface area contributed by atoms with Crippen LogP contribution in [0.5, 0.6) is 0 Å². The standard InChI is InChI=1S/2C6H6.CH2O3/c2*1-2-4-6-5-3-1;2-1(3)4/h2*1-6H;(H2,2,3,4)/p-2. The molecule has 0 unspecified atom stereocenters. The SMILES string of the molecule is O=C([O-])[O-].c1ccccc1.c1ccccc1. The summed E-state index contributed by atoms with van der Waals surface area (Å²) in [6, 6.07) is 24.0. The van der Waals surface area contributed by atoms with E-state index in [0.717, 1.165) is 0 Å². The van der Waals surface area contributed by atoms with Gasteiger partial charge < -0.3 is 15.0 Å². The molecular weight excluding hydrogens is 204 g/mol. The molecule has 0 saturated heterocycles. The number of carboxylic acid groups (broad SMARTS) is 2. The molecule has 0 fully saturated rings. The molecule has 0 amide bonds. The normalized spacial score (nSPS) is 7.50.